The van der Waals surface area contributed by atoms with Crippen LogP contribution in [-0.2, 0) is 4.79 Å². The first kappa shape index (κ1) is 22.6. The van der Waals surface area contributed by atoms with Crippen molar-refractivity contribution in [3.63, 3.8) is 0 Å². The number of rotatable bonds is 6. The molecular formula is C27H32N4O3. The van der Waals surface area contributed by atoms with E-state index in [2.05, 4.69) is 11.8 Å². The van der Waals surface area contributed by atoms with Gasteiger partial charge in [-0.3, -0.25) is 19.1 Å². The summed E-state index contributed by atoms with van der Waals surface area (Å²) in [4.78, 5) is 35.7. The minimum Gasteiger partial charge on any atom is -0.492 e. The van der Waals surface area contributed by atoms with Crippen LogP contribution in [0.2, 0.25) is 0 Å². The van der Waals surface area contributed by atoms with Crippen LogP contribution in [0.1, 0.15) is 45.0 Å². The number of hydrogen-bond acceptors (Lipinski definition) is 5. The number of ether oxygens (including phenoxy) is 1. The second kappa shape index (κ2) is 9.58. The van der Waals surface area contributed by atoms with Crippen LogP contribution in [0, 0.1) is 5.92 Å². The van der Waals surface area contributed by atoms with Crippen LogP contribution in [0.4, 0.5) is 0 Å². The van der Waals surface area contributed by atoms with Crippen LogP contribution >= 0.6 is 0 Å². The molecule has 178 valence electrons. The molecule has 1 unspecified atom stereocenters. The zero-order chi connectivity index (χ0) is 23.7. The molecule has 1 saturated carbocycles. The lowest BCUT2D eigenvalue weighted by Crippen LogP contribution is -2.52. The molecule has 5 rings (SSSR count). The Hall–Kier alpha value is -3.19. The molecule has 34 heavy (non-hydrogen) atoms. The number of amides is 1. The number of aromatic nitrogens is 2. The summed E-state index contributed by atoms with van der Waals surface area (Å²) in [6.45, 7) is 7.49. The number of benzene rings is 2. The molecule has 2 aromatic carbocycles. The number of fused-ring (bicyclic) bond motifs is 1. The molecule has 0 N–H and O–H groups in total. The Morgan fingerprint density at radius 3 is 2.47 bits per heavy atom. The number of carbonyl (C=O) groups excluding carboxylic acids is 1. The van der Waals surface area contributed by atoms with E-state index < -0.39 is 0 Å². The van der Waals surface area contributed by atoms with Gasteiger partial charge in [0.1, 0.15) is 11.6 Å². The molecule has 1 aliphatic heterocycles. The molecule has 3 aromatic rings. The highest BCUT2D eigenvalue weighted by molar-refractivity contribution is 5.80. The summed E-state index contributed by atoms with van der Waals surface area (Å²) >= 11 is 0. The van der Waals surface area contributed by atoms with Gasteiger partial charge in [0.2, 0.25) is 5.91 Å². The number of nitrogens with zero attached hydrogens (tertiary/aromatic N) is 4. The standard InChI is InChI=1S/C27H32N4O3/c1-3-34-24-14-7-6-13-23(24)31-25(28-22-12-5-4-11-21(22)27(31)33)19(2)29-15-17-30(18-16-29)26(32)20-9-8-10-20/h4-7,11-14,19-20H,3,8-10,15-18H2,1-2H3. The average molecular weight is 461 g/mol. The third-order valence-corrected chi connectivity index (χ3v) is 7.21. The summed E-state index contributed by atoms with van der Waals surface area (Å²) in [6.07, 6.45) is 3.23. The Labute approximate surface area is 200 Å². The van der Waals surface area contributed by atoms with Gasteiger partial charge in [-0.1, -0.05) is 30.7 Å². The fourth-order valence-corrected chi connectivity index (χ4v) is 4.99. The van der Waals surface area contributed by atoms with E-state index in [-0.39, 0.29) is 17.5 Å². The van der Waals surface area contributed by atoms with Gasteiger partial charge in [0.25, 0.3) is 5.56 Å². The number of para-hydroxylation sites is 3. The predicted octanol–water partition coefficient (Wildman–Crippen LogP) is 3.79. The van der Waals surface area contributed by atoms with Crippen molar-refractivity contribution in [2.75, 3.05) is 32.8 Å². The van der Waals surface area contributed by atoms with Gasteiger partial charge in [-0.25, -0.2) is 4.98 Å². The van der Waals surface area contributed by atoms with E-state index in [0.29, 0.717) is 53.8 Å². The maximum Gasteiger partial charge on any atom is 0.266 e. The maximum absolute atomic E-state index is 13.7. The average Bonchev–Trinajstić information content (AvgIpc) is 2.83. The van der Waals surface area contributed by atoms with Gasteiger partial charge >= 0.3 is 0 Å². The number of carbonyl (C=O) groups is 1. The zero-order valence-corrected chi connectivity index (χ0v) is 19.9. The smallest absolute Gasteiger partial charge is 0.266 e. The van der Waals surface area contributed by atoms with Crippen LogP contribution < -0.4 is 10.3 Å². The summed E-state index contributed by atoms with van der Waals surface area (Å²) in [7, 11) is 0. The van der Waals surface area contributed by atoms with Gasteiger partial charge in [-0.2, -0.15) is 0 Å². The summed E-state index contributed by atoms with van der Waals surface area (Å²) < 4.78 is 7.58. The van der Waals surface area contributed by atoms with E-state index in [1.807, 2.05) is 60.4 Å². The van der Waals surface area contributed by atoms with Gasteiger partial charge in [-0.05, 0) is 51.0 Å². The lowest BCUT2D eigenvalue weighted by molar-refractivity contribution is -0.140. The van der Waals surface area contributed by atoms with Crippen LogP contribution in [-0.4, -0.2) is 58.0 Å². The molecule has 2 fully saturated rings. The Bertz CT molecular complexity index is 1240. The highest BCUT2D eigenvalue weighted by atomic mass is 16.5. The lowest BCUT2D eigenvalue weighted by atomic mass is 9.84. The van der Waals surface area contributed by atoms with Gasteiger partial charge < -0.3 is 9.64 Å². The first-order valence-corrected chi connectivity index (χ1v) is 12.3. The third kappa shape index (κ3) is 4.09. The molecular weight excluding hydrogens is 428 g/mol. The molecule has 0 radical (unpaired) electrons. The van der Waals surface area contributed by atoms with Crippen LogP contribution in [0.25, 0.3) is 16.6 Å². The fraction of sp³-hybridized carbons (Fsp3) is 0.444. The van der Waals surface area contributed by atoms with Gasteiger partial charge in [0, 0.05) is 32.1 Å². The van der Waals surface area contributed by atoms with Crippen molar-refractivity contribution in [2.45, 2.75) is 39.2 Å². The van der Waals surface area contributed by atoms with E-state index >= 15 is 0 Å². The van der Waals surface area contributed by atoms with E-state index in [1.54, 1.807) is 4.57 Å². The third-order valence-electron chi connectivity index (χ3n) is 7.21. The van der Waals surface area contributed by atoms with Crippen molar-refractivity contribution < 1.29 is 9.53 Å². The Morgan fingerprint density at radius 2 is 1.76 bits per heavy atom. The van der Waals surface area contributed by atoms with E-state index in [1.165, 1.54) is 6.42 Å². The Kier molecular flexibility index (Phi) is 6.37. The predicted molar refractivity (Wildman–Crippen MR) is 132 cm³/mol. The van der Waals surface area contributed by atoms with Gasteiger partial charge in [0.05, 0.1) is 29.2 Å². The van der Waals surface area contributed by atoms with Crippen LogP contribution in [0.3, 0.4) is 0 Å². The maximum atomic E-state index is 13.7. The monoisotopic (exact) mass is 460 g/mol. The van der Waals surface area contributed by atoms with E-state index in [4.69, 9.17) is 9.72 Å². The van der Waals surface area contributed by atoms with Crippen LogP contribution in [0.5, 0.6) is 5.75 Å². The molecule has 2 aliphatic rings. The highest BCUT2D eigenvalue weighted by Crippen LogP contribution is 2.30. The molecule has 1 atom stereocenters. The van der Waals surface area contributed by atoms with Gasteiger partial charge in [0.15, 0.2) is 0 Å². The molecule has 1 aromatic heterocycles. The van der Waals surface area contributed by atoms with E-state index in [0.717, 1.165) is 25.9 Å². The van der Waals surface area contributed by atoms with Crippen molar-refractivity contribution in [1.29, 1.82) is 0 Å². The van der Waals surface area contributed by atoms with Gasteiger partial charge in [-0.15, -0.1) is 0 Å². The topological polar surface area (TPSA) is 67.7 Å². The van der Waals surface area contributed by atoms with Crippen molar-refractivity contribution in [1.82, 2.24) is 19.4 Å². The quantitative estimate of drug-likeness (QED) is 0.560. The zero-order valence-electron chi connectivity index (χ0n) is 19.9. The molecule has 0 spiro atoms. The summed E-state index contributed by atoms with van der Waals surface area (Å²) in [5, 5.41) is 0.584. The normalized spacial score (nSPS) is 18.0. The molecule has 1 aliphatic carbocycles. The molecule has 1 amide bonds. The Balaban J connectivity index is 1.51. The first-order chi connectivity index (χ1) is 16.6. The van der Waals surface area contributed by atoms with E-state index in [9.17, 15) is 9.59 Å². The largest absolute Gasteiger partial charge is 0.492 e. The lowest BCUT2D eigenvalue weighted by Gasteiger charge is -2.40. The summed E-state index contributed by atoms with van der Waals surface area (Å²) in [6, 6.07) is 15.0. The number of piperazine rings is 1. The molecule has 2 heterocycles. The SMILES string of the molecule is CCOc1ccccc1-n1c(C(C)N2CCN(C(=O)C3CCC3)CC2)nc2ccccc2c1=O. The Morgan fingerprint density at radius 1 is 1.06 bits per heavy atom. The van der Waals surface area contributed by atoms with Crippen LogP contribution in [0.15, 0.2) is 53.3 Å². The van der Waals surface area contributed by atoms with Crippen molar-refractivity contribution >= 4 is 16.8 Å². The highest BCUT2D eigenvalue weighted by Gasteiger charge is 2.33. The summed E-state index contributed by atoms with van der Waals surface area (Å²) in [5.41, 5.74) is 1.30. The van der Waals surface area contributed by atoms with Crippen molar-refractivity contribution in [3.8, 4) is 11.4 Å². The van der Waals surface area contributed by atoms with Crippen molar-refractivity contribution in [2.24, 2.45) is 5.92 Å². The summed E-state index contributed by atoms with van der Waals surface area (Å²) in [5.74, 6) is 1.89. The molecule has 0 bridgehead atoms. The number of hydrogen-bond donors (Lipinski definition) is 0. The minimum atomic E-state index is -0.104. The molecule has 7 heteroatoms. The second-order valence-corrected chi connectivity index (χ2v) is 9.19. The minimum absolute atomic E-state index is 0.0987. The fourth-order valence-electron chi connectivity index (χ4n) is 4.99. The molecule has 7 nitrogen and oxygen atoms in total. The molecule has 1 saturated heterocycles. The van der Waals surface area contributed by atoms with Crippen molar-refractivity contribution in [3.05, 3.63) is 64.7 Å². The first-order valence-electron chi connectivity index (χ1n) is 12.3. The second-order valence-electron chi connectivity index (χ2n) is 9.19.